The summed E-state index contributed by atoms with van der Waals surface area (Å²) in [7, 11) is 0. The van der Waals surface area contributed by atoms with Crippen LogP contribution in [-0.2, 0) is 9.53 Å². The lowest BCUT2D eigenvalue weighted by Crippen LogP contribution is -2.25. The maximum absolute atomic E-state index is 12.3. The van der Waals surface area contributed by atoms with Crippen LogP contribution in [0.25, 0.3) is 10.4 Å². The van der Waals surface area contributed by atoms with Gasteiger partial charge >= 0.3 is 5.97 Å². The van der Waals surface area contributed by atoms with Gasteiger partial charge in [-0.2, -0.15) is 0 Å². The predicted molar refractivity (Wildman–Crippen MR) is 88.2 cm³/mol. The van der Waals surface area contributed by atoms with Gasteiger partial charge in [-0.05, 0) is 12.5 Å². The molecular formula is C17H18N2O3S. The molecule has 0 bridgehead atoms. The number of amides is 1. The van der Waals surface area contributed by atoms with E-state index in [-0.39, 0.29) is 18.4 Å². The minimum atomic E-state index is -0.424. The highest BCUT2D eigenvalue weighted by Gasteiger charge is 2.29. The zero-order valence-electron chi connectivity index (χ0n) is 12.9. The third kappa shape index (κ3) is 3.42. The second-order valence-corrected chi connectivity index (χ2v) is 6.35. The summed E-state index contributed by atoms with van der Waals surface area (Å²) in [6.07, 6.45) is 0.448. The Balaban J connectivity index is 1.64. The SMILES string of the molecule is CCN1CC(COC(=O)c2ncsc2-c2ccccc2)CC1=O. The van der Waals surface area contributed by atoms with Crippen molar-refractivity contribution >= 4 is 23.2 Å². The number of benzene rings is 1. The van der Waals surface area contributed by atoms with Crippen LogP contribution in [0.3, 0.4) is 0 Å². The fourth-order valence-electron chi connectivity index (χ4n) is 2.72. The van der Waals surface area contributed by atoms with Gasteiger partial charge in [0.05, 0.1) is 17.0 Å². The lowest BCUT2D eigenvalue weighted by Gasteiger charge is -2.13. The molecule has 1 fully saturated rings. The first-order valence-corrected chi connectivity index (χ1v) is 8.50. The standard InChI is InChI=1S/C17H18N2O3S/c1-2-19-9-12(8-14(19)20)10-22-17(21)15-16(23-11-18-15)13-6-4-3-5-7-13/h3-7,11-12H,2,8-10H2,1H3. The summed E-state index contributed by atoms with van der Waals surface area (Å²) in [6, 6.07) is 9.67. The first-order chi connectivity index (χ1) is 11.2. The van der Waals surface area contributed by atoms with Gasteiger partial charge in [0.15, 0.2) is 5.69 Å². The van der Waals surface area contributed by atoms with Gasteiger partial charge in [0.1, 0.15) is 0 Å². The van der Waals surface area contributed by atoms with Crippen LogP contribution in [0.2, 0.25) is 0 Å². The number of nitrogens with zero attached hydrogens (tertiary/aromatic N) is 2. The molecular weight excluding hydrogens is 312 g/mol. The van der Waals surface area contributed by atoms with Crippen molar-refractivity contribution in [2.45, 2.75) is 13.3 Å². The molecule has 1 amide bonds. The number of thiazole rings is 1. The fourth-order valence-corrected chi connectivity index (χ4v) is 3.50. The Morgan fingerprint density at radius 1 is 1.39 bits per heavy atom. The molecule has 1 unspecified atom stereocenters. The highest BCUT2D eigenvalue weighted by Crippen LogP contribution is 2.28. The van der Waals surface area contributed by atoms with Crippen LogP contribution in [0.15, 0.2) is 35.8 Å². The lowest BCUT2D eigenvalue weighted by atomic mass is 10.1. The maximum atomic E-state index is 12.3. The van der Waals surface area contributed by atoms with Crippen LogP contribution >= 0.6 is 11.3 Å². The number of hydrogen-bond donors (Lipinski definition) is 0. The molecule has 1 atom stereocenters. The summed E-state index contributed by atoms with van der Waals surface area (Å²) in [5.74, 6) is -0.218. The largest absolute Gasteiger partial charge is 0.461 e. The van der Waals surface area contributed by atoms with Gasteiger partial charge in [-0.25, -0.2) is 9.78 Å². The molecule has 1 saturated heterocycles. The topological polar surface area (TPSA) is 59.5 Å². The van der Waals surface area contributed by atoms with Gasteiger partial charge in [0.25, 0.3) is 0 Å². The third-order valence-corrected chi connectivity index (χ3v) is 4.80. The molecule has 3 rings (SSSR count). The maximum Gasteiger partial charge on any atom is 0.358 e. The number of hydrogen-bond acceptors (Lipinski definition) is 5. The molecule has 1 aromatic heterocycles. The average molecular weight is 330 g/mol. The van der Waals surface area contributed by atoms with Gasteiger partial charge in [0, 0.05) is 25.4 Å². The molecule has 2 heterocycles. The molecule has 0 aliphatic carbocycles. The number of rotatable bonds is 5. The summed E-state index contributed by atoms with van der Waals surface area (Å²) in [5, 5.41) is 0. The van der Waals surface area contributed by atoms with E-state index in [1.807, 2.05) is 37.3 Å². The van der Waals surface area contributed by atoms with Crippen LogP contribution in [0, 0.1) is 5.92 Å². The Hall–Kier alpha value is -2.21. The van der Waals surface area contributed by atoms with Gasteiger partial charge in [-0.1, -0.05) is 30.3 Å². The molecule has 0 saturated carbocycles. The van der Waals surface area contributed by atoms with E-state index in [1.54, 1.807) is 10.4 Å². The van der Waals surface area contributed by atoms with E-state index < -0.39 is 5.97 Å². The molecule has 1 aromatic carbocycles. The molecule has 2 aromatic rings. The first kappa shape index (κ1) is 15.7. The van der Waals surface area contributed by atoms with E-state index >= 15 is 0 Å². The van der Waals surface area contributed by atoms with Crippen molar-refractivity contribution in [2.24, 2.45) is 5.92 Å². The van der Waals surface area contributed by atoms with Crippen molar-refractivity contribution in [2.75, 3.05) is 19.7 Å². The Morgan fingerprint density at radius 3 is 2.87 bits per heavy atom. The monoisotopic (exact) mass is 330 g/mol. The van der Waals surface area contributed by atoms with E-state index in [2.05, 4.69) is 4.98 Å². The minimum Gasteiger partial charge on any atom is -0.461 e. The summed E-state index contributed by atoms with van der Waals surface area (Å²) < 4.78 is 5.40. The second-order valence-electron chi connectivity index (χ2n) is 5.50. The quantitative estimate of drug-likeness (QED) is 0.791. The Bertz CT molecular complexity index is 699. The third-order valence-electron chi connectivity index (χ3n) is 3.92. The summed E-state index contributed by atoms with van der Waals surface area (Å²) >= 11 is 1.42. The molecule has 0 spiro atoms. The minimum absolute atomic E-state index is 0.0743. The number of ether oxygens (including phenoxy) is 1. The van der Waals surface area contributed by atoms with Crippen molar-refractivity contribution in [3.05, 3.63) is 41.5 Å². The van der Waals surface area contributed by atoms with Gasteiger partial charge in [-0.15, -0.1) is 11.3 Å². The number of carbonyl (C=O) groups excluding carboxylic acids is 2. The first-order valence-electron chi connectivity index (χ1n) is 7.62. The highest BCUT2D eigenvalue weighted by atomic mass is 32.1. The number of carbonyl (C=O) groups is 2. The van der Waals surface area contributed by atoms with Gasteiger partial charge in [0.2, 0.25) is 5.91 Å². The van der Waals surface area contributed by atoms with Crippen LogP contribution < -0.4 is 0 Å². The number of likely N-dealkylation sites (tertiary alicyclic amines) is 1. The summed E-state index contributed by atoms with van der Waals surface area (Å²) in [6.45, 7) is 3.57. The van der Waals surface area contributed by atoms with Crippen LogP contribution in [0.4, 0.5) is 0 Å². The van der Waals surface area contributed by atoms with Crippen molar-refractivity contribution in [3.8, 4) is 10.4 Å². The molecule has 1 aliphatic rings. The Morgan fingerprint density at radius 2 is 2.17 bits per heavy atom. The smallest absolute Gasteiger partial charge is 0.358 e. The van der Waals surface area contributed by atoms with E-state index in [1.165, 1.54) is 11.3 Å². The van der Waals surface area contributed by atoms with Crippen molar-refractivity contribution in [3.63, 3.8) is 0 Å². The average Bonchev–Trinajstić information content (AvgIpc) is 3.20. The zero-order chi connectivity index (χ0) is 16.2. The molecule has 0 N–H and O–H groups in total. The molecule has 6 heteroatoms. The zero-order valence-corrected chi connectivity index (χ0v) is 13.7. The molecule has 23 heavy (non-hydrogen) atoms. The van der Waals surface area contributed by atoms with Gasteiger partial charge < -0.3 is 9.64 Å². The summed E-state index contributed by atoms with van der Waals surface area (Å²) in [5.41, 5.74) is 2.95. The van der Waals surface area contributed by atoms with Crippen LogP contribution in [0.5, 0.6) is 0 Å². The van der Waals surface area contributed by atoms with Crippen LogP contribution in [0.1, 0.15) is 23.8 Å². The highest BCUT2D eigenvalue weighted by molar-refractivity contribution is 7.13. The number of aromatic nitrogens is 1. The fraction of sp³-hybridized carbons (Fsp3) is 0.353. The van der Waals surface area contributed by atoms with Crippen LogP contribution in [-0.4, -0.2) is 41.5 Å². The molecule has 5 nitrogen and oxygen atoms in total. The van der Waals surface area contributed by atoms with Crippen molar-refractivity contribution in [1.29, 1.82) is 0 Å². The van der Waals surface area contributed by atoms with E-state index in [0.717, 1.165) is 10.4 Å². The molecule has 0 radical (unpaired) electrons. The summed E-state index contributed by atoms with van der Waals surface area (Å²) in [4.78, 5) is 30.8. The van der Waals surface area contributed by atoms with Crippen molar-refractivity contribution < 1.29 is 14.3 Å². The predicted octanol–water partition coefficient (Wildman–Crippen LogP) is 2.84. The van der Waals surface area contributed by atoms with E-state index in [4.69, 9.17) is 4.74 Å². The number of esters is 1. The Kier molecular flexibility index (Phi) is 4.71. The molecule has 120 valence electrons. The Labute approximate surface area is 138 Å². The lowest BCUT2D eigenvalue weighted by molar-refractivity contribution is -0.127. The van der Waals surface area contributed by atoms with Gasteiger partial charge in [-0.3, -0.25) is 4.79 Å². The normalized spacial score (nSPS) is 17.5. The van der Waals surface area contributed by atoms with E-state index in [9.17, 15) is 9.59 Å². The van der Waals surface area contributed by atoms with E-state index in [0.29, 0.717) is 25.2 Å². The van der Waals surface area contributed by atoms with Crippen molar-refractivity contribution in [1.82, 2.24) is 9.88 Å². The second kappa shape index (κ2) is 6.91. The molecule has 1 aliphatic heterocycles.